The standard InChI is InChI=1S/C3H7N.C2H7O5P/c1-2-3-4;3-1-2-7-8(4,5)6/h2H,1,3-4H2;3H,1-2H2,(H2,4,5,6). The van der Waals surface area contributed by atoms with Gasteiger partial charge in [-0.3, -0.25) is 4.52 Å². The van der Waals surface area contributed by atoms with Crippen molar-refractivity contribution >= 4 is 7.82 Å². The van der Waals surface area contributed by atoms with E-state index >= 15 is 0 Å². The van der Waals surface area contributed by atoms with Crippen LogP contribution in [0.5, 0.6) is 0 Å². The maximum Gasteiger partial charge on any atom is 0.469 e. The third-order valence-electron chi connectivity index (χ3n) is 0.517. The van der Waals surface area contributed by atoms with Crippen LogP contribution in [0, 0.1) is 0 Å². The van der Waals surface area contributed by atoms with Gasteiger partial charge in [-0.25, -0.2) is 4.57 Å². The second-order valence-corrected chi connectivity index (χ2v) is 2.81. The van der Waals surface area contributed by atoms with Gasteiger partial charge < -0.3 is 20.6 Å². The minimum absolute atomic E-state index is 0.329. The van der Waals surface area contributed by atoms with Gasteiger partial charge in [-0.2, -0.15) is 0 Å². The summed E-state index contributed by atoms with van der Waals surface area (Å²) < 4.78 is 13.5. The Morgan fingerprint density at radius 2 is 2.00 bits per heavy atom. The molecule has 0 bridgehead atoms. The Bertz CT molecular complexity index is 145. The average molecular weight is 199 g/mol. The largest absolute Gasteiger partial charge is 0.469 e. The van der Waals surface area contributed by atoms with Gasteiger partial charge in [-0.15, -0.1) is 6.58 Å². The number of phosphoric ester groups is 1. The van der Waals surface area contributed by atoms with E-state index < -0.39 is 7.82 Å². The molecule has 0 aliphatic rings. The van der Waals surface area contributed by atoms with Gasteiger partial charge in [-0.1, -0.05) is 6.08 Å². The predicted molar refractivity (Wildman–Crippen MR) is 44.3 cm³/mol. The minimum Gasteiger partial charge on any atom is -0.394 e. The number of rotatable bonds is 4. The highest BCUT2D eigenvalue weighted by molar-refractivity contribution is 7.46. The summed E-state index contributed by atoms with van der Waals surface area (Å²) in [5.74, 6) is 0. The lowest BCUT2D eigenvalue weighted by molar-refractivity contribution is 0.151. The van der Waals surface area contributed by atoms with E-state index in [-0.39, 0.29) is 13.2 Å². The molecule has 0 unspecified atom stereocenters. The third kappa shape index (κ3) is 22.6. The zero-order valence-electron chi connectivity index (χ0n) is 6.59. The van der Waals surface area contributed by atoms with Gasteiger partial charge in [0.25, 0.3) is 0 Å². The molecule has 7 heteroatoms. The molecule has 0 amide bonds. The molecule has 74 valence electrons. The van der Waals surface area contributed by atoms with Crippen molar-refractivity contribution in [3.63, 3.8) is 0 Å². The zero-order valence-corrected chi connectivity index (χ0v) is 7.48. The highest BCUT2D eigenvalue weighted by Gasteiger charge is 2.11. The van der Waals surface area contributed by atoms with E-state index in [9.17, 15) is 4.57 Å². The molecule has 6 nitrogen and oxygen atoms in total. The van der Waals surface area contributed by atoms with E-state index in [0.717, 1.165) is 0 Å². The van der Waals surface area contributed by atoms with Crippen molar-refractivity contribution in [1.29, 1.82) is 0 Å². The van der Waals surface area contributed by atoms with Crippen LogP contribution >= 0.6 is 7.82 Å². The van der Waals surface area contributed by atoms with Gasteiger partial charge in [0.1, 0.15) is 0 Å². The van der Waals surface area contributed by atoms with Crippen LogP contribution in [-0.4, -0.2) is 34.7 Å². The molecule has 0 aliphatic carbocycles. The molecule has 0 aromatic rings. The highest BCUT2D eigenvalue weighted by atomic mass is 31.2. The average Bonchev–Trinajstić information content (AvgIpc) is 2.00. The van der Waals surface area contributed by atoms with Crippen molar-refractivity contribution in [3.8, 4) is 0 Å². The molecule has 5 N–H and O–H groups in total. The van der Waals surface area contributed by atoms with E-state index in [1.54, 1.807) is 6.08 Å². The van der Waals surface area contributed by atoms with Crippen molar-refractivity contribution in [2.75, 3.05) is 19.8 Å². The number of nitrogens with two attached hydrogens (primary N) is 1. The quantitative estimate of drug-likeness (QED) is 0.349. The van der Waals surface area contributed by atoms with Crippen LogP contribution in [0.15, 0.2) is 12.7 Å². The fourth-order valence-electron chi connectivity index (χ4n) is 0.160. The second kappa shape index (κ2) is 8.86. The maximum atomic E-state index is 9.75. The first-order chi connectivity index (χ1) is 5.47. The van der Waals surface area contributed by atoms with E-state index in [0.29, 0.717) is 6.54 Å². The molecular formula is C5H14NO5P. The number of aliphatic hydroxyl groups excluding tert-OH is 1. The first-order valence-corrected chi connectivity index (χ1v) is 4.63. The first kappa shape index (κ1) is 14.3. The summed E-state index contributed by atoms with van der Waals surface area (Å²) in [4.78, 5) is 15.9. The summed E-state index contributed by atoms with van der Waals surface area (Å²) >= 11 is 0. The topological polar surface area (TPSA) is 113 Å². The highest BCUT2D eigenvalue weighted by Crippen LogP contribution is 2.34. The molecule has 0 saturated heterocycles. The number of phosphoric acid groups is 1. The van der Waals surface area contributed by atoms with Crippen molar-refractivity contribution in [1.82, 2.24) is 0 Å². The molecule has 0 radical (unpaired) electrons. The summed E-state index contributed by atoms with van der Waals surface area (Å²) in [6.45, 7) is 3.22. The van der Waals surface area contributed by atoms with Gasteiger partial charge >= 0.3 is 7.82 Å². The van der Waals surface area contributed by atoms with E-state index in [1.807, 2.05) is 0 Å². The Morgan fingerprint density at radius 1 is 1.58 bits per heavy atom. The lowest BCUT2D eigenvalue weighted by atomic mass is 10.7. The summed E-state index contributed by atoms with van der Waals surface area (Å²) in [5.41, 5.74) is 4.91. The monoisotopic (exact) mass is 199 g/mol. The number of hydrogen-bond acceptors (Lipinski definition) is 4. The van der Waals surface area contributed by atoms with Gasteiger partial charge in [0.05, 0.1) is 13.2 Å². The second-order valence-electron chi connectivity index (χ2n) is 1.57. The molecule has 0 atom stereocenters. The summed E-state index contributed by atoms with van der Waals surface area (Å²) in [6, 6.07) is 0. The molecule has 0 spiro atoms. The first-order valence-electron chi connectivity index (χ1n) is 3.09. The molecule has 0 heterocycles. The van der Waals surface area contributed by atoms with Crippen LogP contribution in [0.1, 0.15) is 0 Å². The lowest BCUT2D eigenvalue weighted by Gasteiger charge is -2.00. The molecule has 0 rings (SSSR count). The van der Waals surface area contributed by atoms with Crippen LogP contribution in [0.4, 0.5) is 0 Å². The summed E-state index contributed by atoms with van der Waals surface area (Å²) in [5, 5.41) is 7.96. The summed E-state index contributed by atoms with van der Waals surface area (Å²) in [7, 11) is -4.34. The zero-order chi connectivity index (χ0) is 10.0. The van der Waals surface area contributed by atoms with Crippen LogP contribution in [0.2, 0.25) is 0 Å². The van der Waals surface area contributed by atoms with Crippen molar-refractivity contribution < 1.29 is 24.0 Å². The lowest BCUT2D eigenvalue weighted by Crippen LogP contribution is -1.95. The van der Waals surface area contributed by atoms with Gasteiger partial charge in [0, 0.05) is 6.54 Å². The Labute approximate surface area is 70.9 Å². The van der Waals surface area contributed by atoms with Gasteiger partial charge in [0.15, 0.2) is 0 Å². The van der Waals surface area contributed by atoms with Crippen LogP contribution in [0.25, 0.3) is 0 Å². The van der Waals surface area contributed by atoms with E-state index in [2.05, 4.69) is 11.1 Å². The Morgan fingerprint density at radius 3 is 2.08 bits per heavy atom. The van der Waals surface area contributed by atoms with Crippen molar-refractivity contribution in [2.45, 2.75) is 0 Å². The minimum atomic E-state index is -4.34. The fourth-order valence-corrected chi connectivity index (χ4v) is 0.479. The molecule has 0 saturated carbocycles. The van der Waals surface area contributed by atoms with E-state index in [1.165, 1.54) is 0 Å². The maximum absolute atomic E-state index is 9.75. The molecular weight excluding hydrogens is 185 g/mol. The fraction of sp³-hybridized carbons (Fsp3) is 0.600. The normalized spacial score (nSPS) is 10.0. The molecule has 0 aliphatic heterocycles. The van der Waals surface area contributed by atoms with E-state index in [4.69, 9.17) is 20.6 Å². The predicted octanol–water partition coefficient (Wildman–Crippen LogP) is -0.781. The van der Waals surface area contributed by atoms with Gasteiger partial charge in [0.2, 0.25) is 0 Å². The number of aliphatic hydroxyl groups is 1. The van der Waals surface area contributed by atoms with Crippen LogP contribution < -0.4 is 5.73 Å². The Kier molecular flexibility index (Phi) is 10.6. The van der Waals surface area contributed by atoms with Crippen LogP contribution in [0.3, 0.4) is 0 Å². The van der Waals surface area contributed by atoms with Crippen LogP contribution in [-0.2, 0) is 9.09 Å². The van der Waals surface area contributed by atoms with Gasteiger partial charge in [-0.05, 0) is 0 Å². The molecule has 0 aromatic heterocycles. The summed E-state index contributed by atoms with van der Waals surface area (Å²) in [6.07, 6.45) is 1.65. The molecule has 0 fully saturated rings. The third-order valence-corrected chi connectivity index (χ3v) is 1.04. The number of hydrogen-bond donors (Lipinski definition) is 4. The smallest absolute Gasteiger partial charge is 0.394 e. The SMILES string of the molecule is C=CCN.O=P(O)(O)OCCO. The molecule has 12 heavy (non-hydrogen) atoms. The Hall–Kier alpha value is -0.230. The van der Waals surface area contributed by atoms with Crippen molar-refractivity contribution in [3.05, 3.63) is 12.7 Å². The van der Waals surface area contributed by atoms with Crippen molar-refractivity contribution in [2.24, 2.45) is 5.73 Å². The Balaban J connectivity index is 0. The molecule has 0 aromatic carbocycles.